The number of nitrogens with one attached hydrogen (secondary N) is 1. The highest BCUT2D eigenvalue weighted by Gasteiger charge is 2.39. The molecular weight excluding hydrogens is 444 g/mol. The number of carbonyl (C=O) groups excluding carboxylic acids is 1. The van der Waals surface area contributed by atoms with Crippen LogP contribution in [0.1, 0.15) is 35.9 Å². The highest BCUT2D eigenvalue weighted by atomic mass is 35.5. The van der Waals surface area contributed by atoms with Crippen molar-refractivity contribution in [3.8, 4) is 17.2 Å². The van der Waals surface area contributed by atoms with Crippen LogP contribution in [0.25, 0.3) is 0 Å². The van der Waals surface area contributed by atoms with Gasteiger partial charge >= 0.3 is 0 Å². The van der Waals surface area contributed by atoms with Crippen LogP contribution in [0.3, 0.4) is 0 Å². The molecule has 0 fully saturated rings. The monoisotopic (exact) mass is 466 g/mol. The zero-order valence-electron chi connectivity index (χ0n) is 18.5. The number of ketones is 1. The Morgan fingerprint density at radius 3 is 2.33 bits per heavy atom. The van der Waals surface area contributed by atoms with Gasteiger partial charge in [0.1, 0.15) is 12.4 Å². The van der Waals surface area contributed by atoms with Crippen LogP contribution in [0.4, 0.5) is 5.95 Å². The Kier molecular flexibility index (Phi) is 5.46. The number of aromatic nitrogens is 3. The number of nitrogens with zero attached hydrogens (tertiary/aromatic N) is 3. The third-order valence-electron chi connectivity index (χ3n) is 6.21. The molecule has 1 aliphatic heterocycles. The summed E-state index contributed by atoms with van der Waals surface area (Å²) < 4.78 is 18.2. The second-order valence-corrected chi connectivity index (χ2v) is 8.42. The number of hydrogen-bond acceptors (Lipinski definition) is 7. The van der Waals surface area contributed by atoms with E-state index < -0.39 is 0 Å². The zero-order chi connectivity index (χ0) is 23.1. The second-order valence-electron chi connectivity index (χ2n) is 7.99. The summed E-state index contributed by atoms with van der Waals surface area (Å²) in [4.78, 5) is 17.9. The van der Waals surface area contributed by atoms with Crippen molar-refractivity contribution in [2.45, 2.75) is 24.8 Å². The topological polar surface area (TPSA) is 87.5 Å². The van der Waals surface area contributed by atoms with E-state index in [2.05, 4.69) is 15.4 Å². The molecular formula is C24H23ClN4O4. The molecule has 0 unspecified atom stereocenters. The molecule has 2 aliphatic rings. The fourth-order valence-corrected chi connectivity index (χ4v) is 4.80. The first-order valence-electron chi connectivity index (χ1n) is 10.5. The van der Waals surface area contributed by atoms with Gasteiger partial charge in [-0.25, -0.2) is 4.68 Å². The molecule has 0 bridgehead atoms. The molecule has 0 spiro atoms. The first-order valence-corrected chi connectivity index (χ1v) is 10.9. The number of benzene rings is 2. The van der Waals surface area contributed by atoms with Gasteiger partial charge < -0.3 is 19.5 Å². The van der Waals surface area contributed by atoms with Crippen molar-refractivity contribution in [3.05, 3.63) is 70.1 Å². The van der Waals surface area contributed by atoms with Crippen LogP contribution in [-0.2, 0) is 4.79 Å². The molecule has 0 radical (unpaired) electrons. The number of Topliss-reactive ketones (excluding diaryl/α,β-unsaturated/α-hetero) is 1. The smallest absolute Gasteiger partial charge is 0.226 e. The van der Waals surface area contributed by atoms with Crippen molar-refractivity contribution in [1.82, 2.24) is 14.8 Å². The van der Waals surface area contributed by atoms with Crippen LogP contribution < -0.4 is 19.5 Å². The molecule has 8 nitrogen and oxygen atoms in total. The Morgan fingerprint density at radius 2 is 1.70 bits per heavy atom. The lowest BCUT2D eigenvalue weighted by atomic mass is 9.78. The summed E-state index contributed by atoms with van der Waals surface area (Å²) in [6.07, 6.45) is 2.48. The number of carbonyl (C=O) groups is 1. The predicted octanol–water partition coefficient (Wildman–Crippen LogP) is 4.37. The molecule has 2 heterocycles. The summed E-state index contributed by atoms with van der Waals surface area (Å²) >= 11 is 6.10. The number of methoxy groups -OCH3 is 3. The van der Waals surface area contributed by atoms with Gasteiger partial charge in [-0.15, -0.1) is 0 Å². The fourth-order valence-electron chi connectivity index (χ4n) is 4.68. The summed E-state index contributed by atoms with van der Waals surface area (Å²) in [7, 11) is 4.74. The Morgan fingerprint density at radius 1 is 1.00 bits per heavy atom. The average Bonchev–Trinajstić information content (AvgIpc) is 3.30. The van der Waals surface area contributed by atoms with Crippen molar-refractivity contribution < 1.29 is 19.0 Å². The second kappa shape index (κ2) is 8.44. The van der Waals surface area contributed by atoms with Gasteiger partial charge in [0.25, 0.3) is 0 Å². The third-order valence-corrected chi connectivity index (χ3v) is 6.46. The van der Waals surface area contributed by atoms with E-state index in [1.165, 1.54) is 6.33 Å². The molecule has 5 rings (SSSR count). The minimum atomic E-state index is -0.357. The first kappa shape index (κ1) is 21.3. The zero-order valence-corrected chi connectivity index (χ0v) is 19.2. The number of halogens is 1. The Hall–Kier alpha value is -3.52. The third kappa shape index (κ3) is 3.60. The van der Waals surface area contributed by atoms with Crippen LogP contribution >= 0.6 is 11.6 Å². The van der Waals surface area contributed by atoms with Gasteiger partial charge in [0.15, 0.2) is 17.3 Å². The molecule has 1 aromatic heterocycles. The lowest BCUT2D eigenvalue weighted by Crippen LogP contribution is -2.33. The number of anilines is 1. The maximum Gasteiger partial charge on any atom is 0.226 e. The van der Waals surface area contributed by atoms with E-state index in [9.17, 15) is 4.79 Å². The number of hydrogen-bond donors (Lipinski definition) is 1. The fraction of sp³-hybridized carbons (Fsp3) is 0.292. The van der Waals surface area contributed by atoms with Gasteiger partial charge in [-0.2, -0.15) is 10.1 Å². The van der Waals surface area contributed by atoms with Crippen LogP contribution in [-0.4, -0.2) is 41.9 Å². The Bertz CT molecular complexity index is 1230. The predicted molar refractivity (Wildman–Crippen MR) is 123 cm³/mol. The number of allylic oxidation sites excluding steroid dienone is 2. The first-order chi connectivity index (χ1) is 16.0. The molecule has 0 saturated heterocycles. The number of ether oxygens (including phenoxy) is 3. The van der Waals surface area contributed by atoms with Crippen molar-refractivity contribution in [2.75, 3.05) is 26.6 Å². The van der Waals surface area contributed by atoms with Gasteiger partial charge in [-0.1, -0.05) is 23.7 Å². The van der Waals surface area contributed by atoms with E-state index >= 15 is 0 Å². The Labute approximate surface area is 196 Å². The van der Waals surface area contributed by atoms with E-state index in [1.54, 1.807) is 26.0 Å². The molecule has 170 valence electrons. The summed E-state index contributed by atoms with van der Waals surface area (Å²) in [6.45, 7) is 0. The minimum Gasteiger partial charge on any atom is -0.493 e. The molecule has 1 aliphatic carbocycles. The highest BCUT2D eigenvalue weighted by Crippen LogP contribution is 2.47. The molecule has 2 atom stereocenters. The standard InChI is InChI=1S/C24H23ClN4O4/c1-31-19-10-15(11-20(32-2)23(19)33-3)14-8-17-21(18(30)9-14)22(13-4-6-16(25)7-5-13)29-24(28-17)26-12-27-29/h4-7,10-12,14,22H,8-9H2,1-3H3,(H,26,27,28)/t14-,22-/m0/s1. The molecule has 0 saturated carbocycles. The van der Waals surface area contributed by atoms with Crippen LogP contribution in [0, 0.1) is 0 Å². The molecule has 0 amide bonds. The van der Waals surface area contributed by atoms with Gasteiger partial charge in [-0.05, 0) is 47.7 Å². The van der Waals surface area contributed by atoms with Crippen molar-refractivity contribution >= 4 is 23.3 Å². The van der Waals surface area contributed by atoms with Crippen molar-refractivity contribution in [3.63, 3.8) is 0 Å². The van der Waals surface area contributed by atoms with Crippen molar-refractivity contribution in [1.29, 1.82) is 0 Å². The Balaban J connectivity index is 1.57. The maximum atomic E-state index is 13.6. The van der Waals surface area contributed by atoms with E-state index in [0.29, 0.717) is 46.6 Å². The summed E-state index contributed by atoms with van der Waals surface area (Å²) in [5.74, 6) is 2.26. The van der Waals surface area contributed by atoms with E-state index in [1.807, 2.05) is 36.4 Å². The summed E-state index contributed by atoms with van der Waals surface area (Å²) in [5, 5.41) is 8.35. The van der Waals surface area contributed by atoms with E-state index in [4.69, 9.17) is 25.8 Å². The quantitative estimate of drug-likeness (QED) is 0.597. The SMILES string of the molecule is COc1cc([C@@H]2CC(=O)C3=C(C2)Nc2ncnn2[C@H]3c2ccc(Cl)cc2)cc(OC)c1OC. The number of rotatable bonds is 5. The maximum absolute atomic E-state index is 13.6. The van der Waals surface area contributed by atoms with Gasteiger partial charge in [0.2, 0.25) is 11.7 Å². The normalized spacial score (nSPS) is 19.5. The van der Waals surface area contributed by atoms with Crippen LogP contribution in [0.2, 0.25) is 5.02 Å². The van der Waals surface area contributed by atoms with Gasteiger partial charge in [-0.3, -0.25) is 4.79 Å². The molecule has 9 heteroatoms. The molecule has 1 N–H and O–H groups in total. The molecule has 33 heavy (non-hydrogen) atoms. The van der Waals surface area contributed by atoms with E-state index in [-0.39, 0.29) is 17.7 Å². The number of fused-ring (bicyclic) bond motifs is 1. The minimum absolute atomic E-state index is 0.0576. The van der Waals surface area contributed by atoms with E-state index in [0.717, 1.165) is 16.8 Å². The summed E-state index contributed by atoms with van der Waals surface area (Å²) in [6, 6.07) is 11.0. The van der Waals surface area contributed by atoms with Crippen molar-refractivity contribution in [2.24, 2.45) is 0 Å². The largest absolute Gasteiger partial charge is 0.493 e. The molecule has 2 aromatic carbocycles. The highest BCUT2D eigenvalue weighted by molar-refractivity contribution is 6.30. The summed E-state index contributed by atoms with van der Waals surface area (Å²) in [5.41, 5.74) is 3.44. The van der Waals surface area contributed by atoms with Crippen LogP contribution in [0.5, 0.6) is 17.2 Å². The van der Waals surface area contributed by atoms with Gasteiger partial charge in [0, 0.05) is 22.7 Å². The lowest BCUT2D eigenvalue weighted by Gasteiger charge is -2.35. The lowest BCUT2D eigenvalue weighted by molar-refractivity contribution is -0.116. The van der Waals surface area contributed by atoms with Gasteiger partial charge in [0.05, 0.1) is 21.3 Å². The molecule has 3 aromatic rings. The average molecular weight is 467 g/mol. The van der Waals surface area contributed by atoms with Crippen LogP contribution in [0.15, 0.2) is 54.0 Å².